The standard InChI is InChI=1S/C28H31FN2O2/c1-27(14-18-10-11-28(33,20(12-18)15-27)19-6-3-2-4-7-19)25(32)13-23-26-21(8-5-9-22(26)29)24-16-30-17-31(23)24/h2-9,16-18,20,23,25,32-33H,10-15H2,1H3/t18?,20?,23?,25?,27-,28?/m1/s1. The molecular weight excluding hydrogens is 415 g/mol. The fourth-order valence-corrected chi connectivity index (χ4v) is 7.19. The fourth-order valence-electron chi connectivity index (χ4n) is 7.19. The van der Waals surface area contributed by atoms with E-state index in [0.717, 1.165) is 48.9 Å². The van der Waals surface area contributed by atoms with E-state index in [0.29, 0.717) is 17.9 Å². The van der Waals surface area contributed by atoms with Gasteiger partial charge in [-0.1, -0.05) is 49.4 Å². The first-order chi connectivity index (χ1) is 15.9. The molecule has 2 N–H and O–H groups in total. The second-order valence-electron chi connectivity index (χ2n) is 10.8. The third-order valence-corrected chi connectivity index (χ3v) is 8.88. The molecule has 1 aromatic heterocycles. The van der Waals surface area contributed by atoms with Crippen molar-refractivity contribution in [2.24, 2.45) is 17.3 Å². The molecule has 2 aliphatic carbocycles. The van der Waals surface area contributed by atoms with Gasteiger partial charge in [0.25, 0.3) is 0 Å². The van der Waals surface area contributed by atoms with Crippen LogP contribution in [-0.4, -0.2) is 25.9 Å². The van der Waals surface area contributed by atoms with Crippen molar-refractivity contribution in [3.63, 3.8) is 0 Å². The van der Waals surface area contributed by atoms with E-state index in [2.05, 4.69) is 11.9 Å². The van der Waals surface area contributed by atoms with Gasteiger partial charge in [0.1, 0.15) is 5.82 Å². The molecule has 0 spiro atoms. The molecule has 6 rings (SSSR count). The highest BCUT2D eigenvalue weighted by Gasteiger charge is 2.52. The van der Waals surface area contributed by atoms with Crippen LogP contribution in [0.15, 0.2) is 61.1 Å². The molecule has 2 fully saturated rings. The van der Waals surface area contributed by atoms with Crippen molar-refractivity contribution in [2.75, 3.05) is 0 Å². The van der Waals surface area contributed by atoms with Gasteiger partial charge in [0.05, 0.1) is 36.0 Å². The van der Waals surface area contributed by atoms with Gasteiger partial charge < -0.3 is 14.8 Å². The maximum absolute atomic E-state index is 14.9. The molecule has 3 aromatic rings. The third-order valence-electron chi connectivity index (χ3n) is 8.88. The molecule has 5 heteroatoms. The van der Waals surface area contributed by atoms with E-state index in [1.165, 1.54) is 6.07 Å². The molecular formula is C28H31FN2O2. The maximum Gasteiger partial charge on any atom is 0.129 e. The first-order valence-electron chi connectivity index (χ1n) is 12.2. The number of hydrogen-bond donors (Lipinski definition) is 2. The van der Waals surface area contributed by atoms with Crippen LogP contribution in [-0.2, 0) is 5.60 Å². The Morgan fingerprint density at radius 2 is 1.97 bits per heavy atom. The highest BCUT2D eigenvalue weighted by atomic mass is 19.1. The summed E-state index contributed by atoms with van der Waals surface area (Å²) in [5.41, 5.74) is 2.25. The molecule has 0 amide bonds. The van der Waals surface area contributed by atoms with Gasteiger partial charge in [-0.3, -0.25) is 0 Å². The number of fused-ring (bicyclic) bond motifs is 5. The number of halogens is 1. The highest BCUT2D eigenvalue weighted by Crippen LogP contribution is 2.57. The van der Waals surface area contributed by atoms with Crippen LogP contribution in [0.5, 0.6) is 0 Å². The van der Waals surface area contributed by atoms with Crippen LogP contribution in [0, 0.1) is 23.1 Å². The SMILES string of the molecule is C[C@@]1(C(O)CC2c3c(F)cccc3-c3cncn32)CC2CCC(O)(c3ccccc3)C(C2)C1. The van der Waals surface area contributed by atoms with Crippen molar-refractivity contribution in [1.29, 1.82) is 0 Å². The van der Waals surface area contributed by atoms with Crippen LogP contribution in [0.2, 0.25) is 0 Å². The zero-order valence-corrected chi connectivity index (χ0v) is 19.0. The minimum absolute atomic E-state index is 0.114. The van der Waals surface area contributed by atoms with E-state index in [1.807, 2.05) is 41.0 Å². The second-order valence-corrected chi connectivity index (χ2v) is 10.8. The van der Waals surface area contributed by atoms with Crippen molar-refractivity contribution in [2.45, 2.75) is 63.2 Å². The van der Waals surface area contributed by atoms with E-state index in [-0.39, 0.29) is 23.2 Å². The largest absolute Gasteiger partial charge is 0.392 e. The summed E-state index contributed by atoms with van der Waals surface area (Å²) >= 11 is 0. The first kappa shape index (κ1) is 21.1. The van der Waals surface area contributed by atoms with Crippen LogP contribution in [0.4, 0.5) is 4.39 Å². The monoisotopic (exact) mass is 446 g/mol. The lowest BCUT2D eigenvalue weighted by molar-refractivity contribution is -0.135. The molecule has 3 aliphatic rings. The summed E-state index contributed by atoms with van der Waals surface area (Å²) in [6, 6.07) is 14.9. The Labute approximate surface area is 194 Å². The molecule has 0 saturated heterocycles. The van der Waals surface area contributed by atoms with E-state index in [1.54, 1.807) is 18.6 Å². The normalized spacial score (nSPS) is 33.4. The average Bonchev–Trinajstić information content (AvgIpc) is 3.40. The third kappa shape index (κ3) is 3.20. The zero-order chi connectivity index (χ0) is 22.8. The van der Waals surface area contributed by atoms with Crippen molar-refractivity contribution in [1.82, 2.24) is 9.55 Å². The Kier molecular flexibility index (Phi) is 4.79. The lowest BCUT2D eigenvalue weighted by Gasteiger charge is -2.54. The second kappa shape index (κ2) is 7.51. The summed E-state index contributed by atoms with van der Waals surface area (Å²) in [5.74, 6) is 0.393. The van der Waals surface area contributed by atoms with E-state index in [4.69, 9.17) is 0 Å². The fraction of sp³-hybridized carbons (Fsp3) is 0.464. The van der Waals surface area contributed by atoms with Gasteiger partial charge in [0, 0.05) is 11.1 Å². The Balaban J connectivity index is 1.29. The van der Waals surface area contributed by atoms with Crippen LogP contribution in [0.25, 0.3) is 11.3 Å². The van der Waals surface area contributed by atoms with Crippen molar-refractivity contribution in [3.8, 4) is 11.3 Å². The molecule has 2 heterocycles. The van der Waals surface area contributed by atoms with E-state index in [9.17, 15) is 14.6 Å². The summed E-state index contributed by atoms with van der Waals surface area (Å²) in [6.45, 7) is 2.17. The average molecular weight is 447 g/mol. The Morgan fingerprint density at radius 3 is 2.79 bits per heavy atom. The van der Waals surface area contributed by atoms with Gasteiger partial charge in [-0.05, 0) is 67.4 Å². The van der Waals surface area contributed by atoms with Crippen LogP contribution < -0.4 is 0 Å². The molecule has 2 saturated carbocycles. The summed E-state index contributed by atoms with van der Waals surface area (Å²) < 4.78 is 16.9. The van der Waals surface area contributed by atoms with E-state index < -0.39 is 11.7 Å². The lowest BCUT2D eigenvalue weighted by atomic mass is 9.54. The number of hydrogen-bond acceptors (Lipinski definition) is 3. The highest BCUT2D eigenvalue weighted by molar-refractivity contribution is 5.69. The summed E-state index contributed by atoms with van der Waals surface area (Å²) in [7, 11) is 0. The number of aliphatic hydroxyl groups excluding tert-OH is 1. The van der Waals surface area contributed by atoms with Gasteiger partial charge in [-0.25, -0.2) is 9.37 Å². The van der Waals surface area contributed by atoms with Gasteiger partial charge in [0.2, 0.25) is 0 Å². The van der Waals surface area contributed by atoms with E-state index >= 15 is 0 Å². The number of aliphatic hydroxyl groups is 2. The molecule has 2 bridgehead atoms. The first-order valence-corrected chi connectivity index (χ1v) is 12.2. The van der Waals surface area contributed by atoms with Gasteiger partial charge in [0.15, 0.2) is 0 Å². The number of imidazole rings is 1. The minimum Gasteiger partial charge on any atom is -0.392 e. The molecule has 4 nitrogen and oxygen atoms in total. The molecule has 172 valence electrons. The van der Waals surface area contributed by atoms with Crippen molar-refractivity contribution < 1.29 is 14.6 Å². The van der Waals surface area contributed by atoms with Crippen LogP contribution in [0.1, 0.15) is 62.6 Å². The number of nitrogens with zero attached hydrogens (tertiary/aromatic N) is 2. The molecule has 2 aromatic carbocycles. The molecule has 33 heavy (non-hydrogen) atoms. The Morgan fingerprint density at radius 1 is 1.15 bits per heavy atom. The van der Waals surface area contributed by atoms with Gasteiger partial charge in [-0.2, -0.15) is 0 Å². The number of benzene rings is 2. The molecule has 5 unspecified atom stereocenters. The summed E-state index contributed by atoms with van der Waals surface area (Å²) in [5, 5.41) is 23.4. The van der Waals surface area contributed by atoms with Crippen molar-refractivity contribution in [3.05, 3.63) is 78.0 Å². The molecule has 6 atom stereocenters. The summed E-state index contributed by atoms with van der Waals surface area (Å²) in [4.78, 5) is 4.28. The molecule has 0 radical (unpaired) electrons. The van der Waals surface area contributed by atoms with Crippen LogP contribution in [0.3, 0.4) is 0 Å². The number of rotatable bonds is 4. The zero-order valence-electron chi connectivity index (χ0n) is 19.0. The van der Waals surface area contributed by atoms with Crippen LogP contribution >= 0.6 is 0 Å². The van der Waals surface area contributed by atoms with Crippen molar-refractivity contribution >= 4 is 0 Å². The lowest BCUT2D eigenvalue weighted by Crippen LogP contribution is -2.50. The predicted octanol–water partition coefficient (Wildman–Crippen LogP) is 5.45. The predicted molar refractivity (Wildman–Crippen MR) is 125 cm³/mol. The van der Waals surface area contributed by atoms with Gasteiger partial charge >= 0.3 is 0 Å². The maximum atomic E-state index is 14.9. The number of aromatic nitrogens is 2. The topological polar surface area (TPSA) is 58.3 Å². The van der Waals surface area contributed by atoms with Gasteiger partial charge in [-0.15, -0.1) is 0 Å². The smallest absolute Gasteiger partial charge is 0.129 e. The summed E-state index contributed by atoms with van der Waals surface area (Å²) in [6.07, 6.45) is 7.82. The Hall–Kier alpha value is -2.50. The molecule has 1 aliphatic heterocycles. The quantitative estimate of drug-likeness (QED) is 0.561. The Bertz CT molecular complexity index is 1180. The minimum atomic E-state index is -0.845.